The molecule has 5 nitrogen and oxygen atoms in total. The minimum Gasteiger partial charge on any atom is -0.496 e. The molecule has 0 bridgehead atoms. The van der Waals surface area contributed by atoms with Crippen LogP contribution in [0.3, 0.4) is 0 Å². The fourth-order valence-corrected chi connectivity index (χ4v) is 1.87. The molecule has 1 aliphatic heterocycles. The van der Waals surface area contributed by atoms with Crippen LogP contribution >= 0.6 is 0 Å². The Kier molecular flexibility index (Phi) is 3.08. The van der Waals surface area contributed by atoms with Gasteiger partial charge in [0.05, 0.1) is 20.3 Å². The van der Waals surface area contributed by atoms with E-state index in [0.29, 0.717) is 6.61 Å². The van der Waals surface area contributed by atoms with Crippen molar-refractivity contribution in [1.29, 1.82) is 0 Å². The highest BCUT2D eigenvalue weighted by Gasteiger charge is 2.25. The van der Waals surface area contributed by atoms with Gasteiger partial charge in [0.25, 0.3) is 0 Å². The summed E-state index contributed by atoms with van der Waals surface area (Å²) in [5, 5.41) is 2.72. The van der Waals surface area contributed by atoms with E-state index in [9.17, 15) is 4.79 Å². The zero-order valence-electron chi connectivity index (χ0n) is 10.1. The van der Waals surface area contributed by atoms with Gasteiger partial charge >= 0.3 is 6.09 Å². The molecule has 1 aromatic carbocycles. The fraction of sp³-hybridized carbons (Fsp3) is 0.417. The predicted octanol–water partition coefficient (Wildman–Crippen LogP) is 1.79. The second-order valence-corrected chi connectivity index (χ2v) is 3.85. The van der Waals surface area contributed by atoms with Gasteiger partial charge in [-0.3, -0.25) is 0 Å². The molecule has 1 atom stereocenters. The minimum absolute atomic E-state index is 0.147. The molecule has 0 spiro atoms. The number of amides is 1. The zero-order chi connectivity index (χ0) is 12.4. The maximum absolute atomic E-state index is 11.0. The van der Waals surface area contributed by atoms with Crippen molar-refractivity contribution < 1.29 is 19.0 Å². The van der Waals surface area contributed by atoms with E-state index in [4.69, 9.17) is 14.2 Å². The quantitative estimate of drug-likeness (QED) is 0.870. The second-order valence-electron chi connectivity index (χ2n) is 3.85. The molecule has 1 aliphatic rings. The summed E-state index contributed by atoms with van der Waals surface area (Å²) in [5.74, 6) is 1.47. The van der Waals surface area contributed by atoms with Crippen LogP contribution in [0, 0.1) is 6.92 Å². The molecule has 0 aliphatic carbocycles. The van der Waals surface area contributed by atoms with Crippen LogP contribution in [0.15, 0.2) is 12.1 Å². The summed E-state index contributed by atoms with van der Waals surface area (Å²) >= 11 is 0. The third-order valence-electron chi connectivity index (χ3n) is 2.85. The minimum atomic E-state index is -0.395. The highest BCUT2D eigenvalue weighted by atomic mass is 16.6. The highest BCUT2D eigenvalue weighted by Crippen LogP contribution is 2.32. The van der Waals surface area contributed by atoms with E-state index < -0.39 is 6.09 Å². The SMILES string of the molecule is COc1cc(C2COC(=O)N2)cc(OC)c1C. The number of cyclic esters (lactones) is 1. The van der Waals surface area contributed by atoms with Crippen LogP contribution in [0.2, 0.25) is 0 Å². The number of hydrogen-bond donors (Lipinski definition) is 1. The summed E-state index contributed by atoms with van der Waals surface area (Å²) in [6.45, 7) is 2.25. The average molecular weight is 237 g/mol. The van der Waals surface area contributed by atoms with Crippen LogP contribution in [0.1, 0.15) is 17.2 Å². The van der Waals surface area contributed by atoms with E-state index in [1.165, 1.54) is 0 Å². The van der Waals surface area contributed by atoms with Crippen molar-refractivity contribution in [3.05, 3.63) is 23.3 Å². The summed E-state index contributed by atoms with van der Waals surface area (Å²) in [6.07, 6.45) is -0.395. The Labute approximate surface area is 99.7 Å². The van der Waals surface area contributed by atoms with Crippen LogP contribution in [0.25, 0.3) is 0 Å². The van der Waals surface area contributed by atoms with Crippen LogP contribution in [-0.2, 0) is 4.74 Å². The molecule has 1 saturated heterocycles. The Bertz CT molecular complexity index is 419. The molecule has 17 heavy (non-hydrogen) atoms. The predicted molar refractivity (Wildman–Crippen MR) is 61.5 cm³/mol. The lowest BCUT2D eigenvalue weighted by molar-refractivity contribution is 0.177. The number of alkyl carbamates (subject to hydrolysis) is 1. The molecule has 92 valence electrons. The van der Waals surface area contributed by atoms with E-state index in [0.717, 1.165) is 22.6 Å². The van der Waals surface area contributed by atoms with Gasteiger partial charge in [0.15, 0.2) is 0 Å². The van der Waals surface area contributed by atoms with E-state index in [2.05, 4.69) is 5.32 Å². The van der Waals surface area contributed by atoms with Gasteiger partial charge in [0.1, 0.15) is 18.1 Å². The summed E-state index contributed by atoms with van der Waals surface area (Å²) in [4.78, 5) is 11.0. The van der Waals surface area contributed by atoms with E-state index in [1.54, 1.807) is 14.2 Å². The summed E-state index contributed by atoms with van der Waals surface area (Å²) in [7, 11) is 3.21. The zero-order valence-corrected chi connectivity index (χ0v) is 10.1. The van der Waals surface area contributed by atoms with Gasteiger partial charge < -0.3 is 19.5 Å². The molecule has 1 heterocycles. The smallest absolute Gasteiger partial charge is 0.407 e. The van der Waals surface area contributed by atoms with Crippen molar-refractivity contribution in [1.82, 2.24) is 5.32 Å². The Balaban J connectivity index is 2.37. The van der Waals surface area contributed by atoms with Gasteiger partial charge in [0, 0.05) is 5.56 Å². The maximum Gasteiger partial charge on any atom is 0.407 e. The number of ether oxygens (including phenoxy) is 3. The van der Waals surface area contributed by atoms with Crippen molar-refractivity contribution in [2.24, 2.45) is 0 Å². The Hall–Kier alpha value is -1.91. The van der Waals surface area contributed by atoms with Crippen molar-refractivity contribution in [3.8, 4) is 11.5 Å². The normalized spacial score (nSPS) is 18.5. The number of nitrogens with one attached hydrogen (secondary N) is 1. The summed E-state index contributed by atoms with van der Waals surface area (Å²) < 4.78 is 15.4. The molecule has 1 amide bonds. The lowest BCUT2D eigenvalue weighted by Gasteiger charge is -2.15. The molecule has 5 heteroatoms. The van der Waals surface area contributed by atoms with Crippen LogP contribution in [-0.4, -0.2) is 26.9 Å². The van der Waals surface area contributed by atoms with Crippen LogP contribution < -0.4 is 14.8 Å². The molecule has 0 radical (unpaired) electrons. The number of carbonyl (C=O) groups is 1. The largest absolute Gasteiger partial charge is 0.496 e. The number of methoxy groups -OCH3 is 2. The lowest BCUT2D eigenvalue weighted by Crippen LogP contribution is -2.18. The van der Waals surface area contributed by atoms with Crippen molar-refractivity contribution in [2.45, 2.75) is 13.0 Å². The number of rotatable bonds is 3. The van der Waals surface area contributed by atoms with Crippen molar-refractivity contribution >= 4 is 6.09 Å². The molecular weight excluding hydrogens is 222 g/mol. The lowest BCUT2D eigenvalue weighted by atomic mass is 10.0. The third-order valence-corrected chi connectivity index (χ3v) is 2.85. The second kappa shape index (κ2) is 4.53. The van der Waals surface area contributed by atoms with E-state index in [1.807, 2.05) is 19.1 Å². The number of benzene rings is 1. The highest BCUT2D eigenvalue weighted by molar-refractivity contribution is 5.70. The Morgan fingerprint density at radius 1 is 1.29 bits per heavy atom. The first-order valence-corrected chi connectivity index (χ1v) is 5.31. The maximum atomic E-state index is 11.0. The fourth-order valence-electron chi connectivity index (χ4n) is 1.87. The van der Waals surface area contributed by atoms with E-state index >= 15 is 0 Å². The first-order valence-electron chi connectivity index (χ1n) is 5.31. The number of carbonyl (C=O) groups excluding carboxylic acids is 1. The Morgan fingerprint density at radius 3 is 2.29 bits per heavy atom. The molecule has 0 aromatic heterocycles. The number of hydrogen-bond acceptors (Lipinski definition) is 4. The topological polar surface area (TPSA) is 56.8 Å². The van der Waals surface area contributed by atoms with Gasteiger partial charge in [-0.25, -0.2) is 4.79 Å². The first-order chi connectivity index (χ1) is 8.15. The molecule has 2 rings (SSSR count). The third kappa shape index (κ3) is 2.13. The van der Waals surface area contributed by atoms with Crippen molar-refractivity contribution in [3.63, 3.8) is 0 Å². The molecule has 1 fully saturated rings. The van der Waals surface area contributed by atoms with Gasteiger partial charge in [-0.2, -0.15) is 0 Å². The molecule has 1 aromatic rings. The molecule has 1 unspecified atom stereocenters. The van der Waals surface area contributed by atoms with E-state index in [-0.39, 0.29) is 6.04 Å². The molecule has 1 N–H and O–H groups in total. The summed E-state index contributed by atoms with van der Waals surface area (Å²) in [5.41, 5.74) is 1.85. The van der Waals surface area contributed by atoms with Gasteiger partial charge in [-0.05, 0) is 24.6 Å². The first kappa shape index (κ1) is 11.6. The van der Waals surface area contributed by atoms with Gasteiger partial charge in [-0.15, -0.1) is 0 Å². The van der Waals surface area contributed by atoms with Crippen molar-refractivity contribution in [2.75, 3.05) is 20.8 Å². The standard InChI is InChI=1S/C12H15NO4/c1-7-10(15-2)4-8(5-11(7)16-3)9-6-17-12(14)13-9/h4-5,9H,6H2,1-3H3,(H,13,14). The van der Waals surface area contributed by atoms with Crippen LogP contribution in [0.4, 0.5) is 4.79 Å². The molecule has 0 saturated carbocycles. The van der Waals surface area contributed by atoms with Crippen LogP contribution in [0.5, 0.6) is 11.5 Å². The molecular formula is C12H15NO4. The summed E-state index contributed by atoms with van der Waals surface area (Å²) in [6, 6.07) is 3.63. The van der Waals surface area contributed by atoms with Gasteiger partial charge in [0.2, 0.25) is 0 Å². The average Bonchev–Trinajstić information content (AvgIpc) is 2.76. The van der Waals surface area contributed by atoms with Gasteiger partial charge in [-0.1, -0.05) is 0 Å². The monoisotopic (exact) mass is 237 g/mol. The Morgan fingerprint density at radius 2 is 1.88 bits per heavy atom.